The molecule has 0 aliphatic heterocycles. The number of carbonyl (C=O) groups is 1. The summed E-state index contributed by atoms with van der Waals surface area (Å²) in [5, 5.41) is 18.2. The zero-order valence-corrected chi connectivity index (χ0v) is 10.4. The van der Waals surface area contributed by atoms with Crippen LogP contribution in [0.4, 0.5) is 0 Å². The predicted molar refractivity (Wildman–Crippen MR) is 64.2 cm³/mol. The van der Waals surface area contributed by atoms with Crippen molar-refractivity contribution in [3.8, 4) is 0 Å². The molecule has 0 atom stereocenters. The van der Waals surface area contributed by atoms with Gasteiger partial charge in [0.05, 0.1) is 12.3 Å². The Labute approximate surface area is 112 Å². The molecular formula is C12H15LiNO3. The molecule has 17 heavy (non-hydrogen) atoms. The van der Waals surface area contributed by atoms with Gasteiger partial charge in [-0.2, -0.15) is 0 Å². The number of rotatable bonds is 2. The van der Waals surface area contributed by atoms with Gasteiger partial charge < -0.3 is 10.2 Å². The molecule has 0 amide bonds. The van der Waals surface area contributed by atoms with Crippen molar-refractivity contribution in [3.63, 3.8) is 0 Å². The van der Waals surface area contributed by atoms with Crippen LogP contribution in [0, 0.1) is 0 Å². The molecule has 0 saturated carbocycles. The predicted octanol–water partition coefficient (Wildman–Crippen LogP) is 1.12. The van der Waals surface area contributed by atoms with Crippen molar-refractivity contribution in [3.05, 3.63) is 28.6 Å². The summed E-state index contributed by atoms with van der Waals surface area (Å²) in [6, 6.07) is 1.47. The van der Waals surface area contributed by atoms with Gasteiger partial charge in [0, 0.05) is 24.3 Å². The van der Waals surface area contributed by atoms with Crippen LogP contribution in [-0.2, 0) is 18.4 Å². The number of nitrogens with zero attached hydrogens (tertiary/aromatic N) is 1. The average molecular weight is 228 g/mol. The van der Waals surface area contributed by atoms with E-state index in [9.17, 15) is 9.90 Å². The second-order valence-electron chi connectivity index (χ2n) is 4.84. The van der Waals surface area contributed by atoms with E-state index in [-0.39, 0.29) is 36.6 Å². The van der Waals surface area contributed by atoms with Gasteiger partial charge in [0.2, 0.25) is 0 Å². The van der Waals surface area contributed by atoms with Crippen molar-refractivity contribution in [2.24, 2.45) is 0 Å². The number of aliphatic hydroxyl groups is 1. The molecule has 2 N–H and O–H groups in total. The Kier molecular flexibility index (Phi) is 4.03. The van der Waals surface area contributed by atoms with Gasteiger partial charge in [-0.15, -0.1) is 0 Å². The number of carboxylic acids is 1. The van der Waals surface area contributed by atoms with Crippen LogP contribution in [-0.4, -0.2) is 40.0 Å². The fourth-order valence-corrected chi connectivity index (χ4v) is 2.27. The van der Waals surface area contributed by atoms with E-state index in [1.807, 2.05) is 0 Å². The van der Waals surface area contributed by atoms with E-state index in [2.05, 4.69) is 18.8 Å². The molecule has 87 valence electrons. The molecule has 0 fully saturated rings. The van der Waals surface area contributed by atoms with Crippen molar-refractivity contribution >= 4 is 24.8 Å². The second-order valence-corrected chi connectivity index (χ2v) is 4.84. The van der Waals surface area contributed by atoms with Gasteiger partial charge in [-0.25, -0.2) is 9.78 Å². The smallest absolute Gasteiger partial charge is 0.354 e. The van der Waals surface area contributed by atoms with Crippen molar-refractivity contribution in [1.29, 1.82) is 0 Å². The van der Waals surface area contributed by atoms with Gasteiger partial charge in [-0.1, -0.05) is 13.8 Å². The van der Waals surface area contributed by atoms with E-state index >= 15 is 0 Å². The Balaban J connectivity index is 0.00000144. The molecule has 5 heteroatoms. The summed E-state index contributed by atoms with van der Waals surface area (Å²) >= 11 is 0. The fourth-order valence-electron chi connectivity index (χ4n) is 2.27. The quantitative estimate of drug-likeness (QED) is 0.744. The van der Waals surface area contributed by atoms with Crippen LogP contribution >= 0.6 is 0 Å². The Bertz CT molecular complexity index is 457. The van der Waals surface area contributed by atoms with Gasteiger partial charge in [0.25, 0.3) is 0 Å². The maximum atomic E-state index is 10.9. The second kappa shape index (κ2) is 4.81. The maximum absolute atomic E-state index is 10.9. The van der Waals surface area contributed by atoms with E-state index in [4.69, 9.17) is 5.11 Å². The zero-order chi connectivity index (χ0) is 11.9. The first-order valence-electron chi connectivity index (χ1n) is 5.33. The van der Waals surface area contributed by atoms with E-state index in [0.717, 1.165) is 24.1 Å². The molecule has 1 radical (unpaired) electrons. The number of aliphatic hydroxyl groups excluding tert-OH is 1. The maximum Gasteiger partial charge on any atom is 0.354 e. The summed E-state index contributed by atoms with van der Waals surface area (Å²) in [6.07, 6.45) is 1.82. The SMILES string of the molecule is CC1(C)CCc2c(CO)cc(C(=O)O)nc21.[Li]. The third-order valence-electron chi connectivity index (χ3n) is 3.25. The first kappa shape index (κ1) is 14.2. The van der Waals surface area contributed by atoms with Crippen LogP contribution in [0.15, 0.2) is 6.07 Å². The molecule has 0 aromatic carbocycles. The van der Waals surface area contributed by atoms with E-state index in [1.165, 1.54) is 6.07 Å². The summed E-state index contributed by atoms with van der Waals surface area (Å²) in [5.74, 6) is -1.04. The Morgan fingerprint density at radius 3 is 2.71 bits per heavy atom. The van der Waals surface area contributed by atoms with Crippen LogP contribution in [0.5, 0.6) is 0 Å². The molecule has 0 bridgehead atoms. The molecule has 4 nitrogen and oxygen atoms in total. The van der Waals surface area contributed by atoms with Crippen LogP contribution in [0.2, 0.25) is 0 Å². The molecule has 0 spiro atoms. The Morgan fingerprint density at radius 1 is 1.53 bits per heavy atom. The summed E-state index contributed by atoms with van der Waals surface area (Å²) in [5.41, 5.74) is 2.49. The van der Waals surface area contributed by atoms with Crippen LogP contribution in [0.3, 0.4) is 0 Å². The topological polar surface area (TPSA) is 70.4 Å². The number of pyridine rings is 1. The molecule has 2 rings (SSSR count). The third kappa shape index (κ3) is 2.39. The van der Waals surface area contributed by atoms with Gasteiger partial charge in [-0.05, 0) is 30.0 Å². The largest absolute Gasteiger partial charge is 0.477 e. The van der Waals surface area contributed by atoms with E-state index in [1.54, 1.807) is 0 Å². The fraction of sp³-hybridized carbons (Fsp3) is 0.500. The molecule has 1 aromatic heterocycles. The van der Waals surface area contributed by atoms with Gasteiger partial charge in [0.1, 0.15) is 5.69 Å². The van der Waals surface area contributed by atoms with Crippen LogP contribution in [0.1, 0.15) is 47.6 Å². The minimum Gasteiger partial charge on any atom is -0.477 e. The van der Waals surface area contributed by atoms with Crippen molar-refractivity contribution in [2.75, 3.05) is 0 Å². The zero-order valence-electron chi connectivity index (χ0n) is 10.4. The van der Waals surface area contributed by atoms with Gasteiger partial charge in [0.15, 0.2) is 0 Å². The average Bonchev–Trinajstić information content (AvgIpc) is 2.54. The van der Waals surface area contributed by atoms with Gasteiger partial charge >= 0.3 is 5.97 Å². The number of carboxylic acid groups (broad SMARTS) is 1. The first-order chi connectivity index (χ1) is 7.45. The molecule has 1 aromatic rings. The minimum atomic E-state index is -1.04. The standard InChI is InChI=1S/C12H15NO3.Li/c1-12(2)4-3-8-7(6-14)5-9(11(15)16)13-10(8)12;/h5,14H,3-4,6H2,1-2H3,(H,15,16);. The Hall–Kier alpha value is -0.823. The molecule has 1 aliphatic rings. The van der Waals surface area contributed by atoms with Crippen molar-refractivity contribution < 1.29 is 15.0 Å². The minimum absolute atomic E-state index is 0. The van der Waals surface area contributed by atoms with Gasteiger partial charge in [-0.3, -0.25) is 0 Å². The molecular weight excluding hydrogens is 213 g/mol. The summed E-state index contributed by atoms with van der Waals surface area (Å²) < 4.78 is 0. The summed E-state index contributed by atoms with van der Waals surface area (Å²) in [4.78, 5) is 15.1. The third-order valence-corrected chi connectivity index (χ3v) is 3.25. The Morgan fingerprint density at radius 2 is 2.18 bits per heavy atom. The van der Waals surface area contributed by atoms with Crippen molar-refractivity contribution in [2.45, 2.75) is 38.7 Å². The monoisotopic (exact) mass is 228 g/mol. The summed E-state index contributed by atoms with van der Waals surface area (Å²) in [6.45, 7) is 3.98. The van der Waals surface area contributed by atoms with E-state index < -0.39 is 5.97 Å². The van der Waals surface area contributed by atoms with Crippen LogP contribution < -0.4 is 0 Å². The van der Waals surface area contributed by atoms with Crippen molar-refractivity contribution in [1.82, 2.24) is 4.98 Å². The molecule has 0 unspecified atom stereocenters. The molecule has 0 saturated heterocycles. The number of aromatic nitrogens is 1. The normalized spacial score (nSPS) is 16.2. The number of aromatic carboxylic acids is 1. The molecule has 1 aliphatic carbocycles. The van der Waals surface area contributed by atoms with E-state index in [0.29, 0.717) is 5.56 Å². The number of hydrogen-bond donors (Lipinski definition) is 2. The summed E-state index contributed by atoms with van der Waals surface area (Å²) in [7, 11) is 0. The van der Waals surface area contributed by atoms with Crippen LogP contribution in [0.25, 0.3) is 0 Å². The number of hydrogen-bond acceptors (Lipinski definition) is 3. The number of fused-ring (bicyclic) bond motifs is 1. The first-order valence-corrected chi connectivity index (χ1v) is 5.33. The molecule has 1 heterocycles.